The Hall–Kier alpha value is -2.59. The Balaban J connectivity index is 2.57. The van der Waals surface area contributed by atoms with Gasteiger partial charge < -0.3 is 13.5 Å². The highest BCUT2D eigenvalue weighted by atomic mass is 32.2. The molecule has 0 aliphatic heterocycles. The molecule has 2 aromatic rings. The Morgan fingerprint density at radius 2 is 1.31 bits per heavy atom. The van der Waals surface area contributed by atoms with Crippen LogP contribution in [0.4, 0.5) is 26.3 Å². The normalized spacial score (nSPS) is 14.1. The highest BCUT2D eigenvalue weighted by Gasteiger charge is 2.81. The Labute approximate surface area is 195 Å². The van der Waals surface area contributed by atoms with Gasteiger partial charge in [-0.1, -0.05) is 31.2 Å². The molecular formula is C19H17F6O8S2-. The molecule has 16 heteroatoms. The third kappa shape index (κ3) is 4.78. The number of ether oxygens (including phenoxy) is 1. The van der Waals surface area contributed by atoms with Gasteiger partial charge in [0.1, 0.15) is 5.75 Å². The molecular weight excluding hydrogens is 534 g/mol. The largest absolute Gasteiger partial charge is 0.743 e. The monoisotopic (exact) mass is 551 g/mol. The van der Waals surface area contributed by atoms with Gasteiger partial charge >= 0.3 is 32.5 Å². The first-order valence-corrected chi connectivity index (χ1v) is 12.2. The van der Waals surface area contributed by atoms with Crippen LogP contribution in [0.5, 0.6) is 11.5 Å². The van der Waals surface area contributed by atoms with Crippen LogP contribution in [0.25, 0.3) is 10.8 Å². The molecule has 0 atom stereocenters. The molecule has 0 saturated carbocycles. The summed E-state index contributed by atoms with van der Waals surface area (Å²) < 4.78 is 147. The summed E-state index contributed by atoms with van der Waals surface area (Å²) in [6.45, 7) is 4.81. The quantitative estimate of drug-likeness (QED) is 0.149. The molecule has 0 heterocycles. The Morgan fingerprint density at radius 3 is 1.77 bits per heavy atom. The van der Waals surface area contributed by atoms with Gasteiger partial charge in [-0.3, -0.25) is 4.79 Å². The van der Waals surface area contributed by atoms with Crippen molar-refractivity contribution in [3.05, 3.63) is 36.4 Å². The summed E-state index contributed by atoms with van der Waals surface area (Å²) in [5, 5.41) is -14.4. The first kappa shape index (κ1) is 28.6. The number of rotatable bonds is 9. The minimum Gasteiger partial charge on any atom is -0.743 e. The van der Waals surface area contributed by atoms with Crippen molar-refractivity contribution in [3.63, 3.8) is 0 Å². The number of hydrogen-bond donors (Lipinski definition) is 0. The van der Waals surface area contributed by atoms with Crippen LogP contribution in [-0.2, 0) is 25.0 Å². The van der Waals surface area contributed by atoms with Crippen molar-refractivity contribution in [3.8, 4) is 11.5 Å². The van der Waals surface area contributed by atoms with Gasteiger partial charge in [-0.2, -0.15) is 34.8 Å². The lowest BCUT2D eigenvalue weighted by Crippen LogP contribution is -2.61. The molecule has 35 heavy (non-hydrogen) atoms. The van der Waals surface area contributed by atoms with Gasteiger partial charge in [-0.25, -0.2) is 8.42 Å². The van der Waals surface area contributed by atoms with E-state index < -0.39 is 53.8 Å². The third-order valence-corrected chi connectivity index (χ3v) is 7.21. The van der Waals surface area contributed by atoms with E-state index in [-0.39, 0.29) is 16.5 Å². The molecule has 0 bridgehead atoms. The highest BCUT2D eigenvalue weighted by molar-refractivity contribution is 7.88. The van der Waals surface area contributed by atoms with E-state index in [1.165, 1.54) is 12.1 Å². The fourth-order valence-corrected chi connectivity index (χ4v) is 3.89. The summed E-state index contributed by atoms with van der Waals surface area (Å²) in [5.74, 6) is -9.20. The molecule has 2 rings (SSSR count). The standard InChI is InChI=1S/C19H18F6O8S2/c1-4-16(2,3)15(26)32-13-9-5-8-12-11(13)7-6-10-14(12)33-35(30,31)19(24,25)17(20,21)18(22,23)34(27,28)29/h5-10H,4H2,1-3H3,(H,27,28,29)/p-1. The second kappa shape index (κ2) is 8.81. The van der Waals surface area contributed by atoms with E-state index in [4.69, 9.17) is 4.74 Å². The van der Waals surface area contributed by atoms with Crippen LogP contribution in [0.15, 0.2) is 36.4 Å². The lowest BCUT2D eigenvalue weighted by molar-refractivity contribution is -0.247. The number of benzene rings is 2. The van der Waals surface area contributed by atoms with Gasteiger partial charge in [0.25, 0.3) is 0 Å². The molecule has 8 nitrogen and oxygen atoms in total. The summed E-state index contributed by atoms with van der Waals surface area (Å²) in [5.41, 5.74) is -0.958. The summed E-state index contributed by atoms with van der Waals surface area (Å²) in [6.07, 6.45) is 0.357. The minimum absolute atomic E-state index is 0.108. The molecule has 0 fully saturated rings. The van der Waals surface area contributed by atoms with Crippen molar-refractivity contribution in [2.45, 2.75) is 43.6 Å². The van der Waals surface area contributed by atoms with Crippen molar-refractivity contribution in [1.82, 2.24) is 0 Å². The van der Waals surface area contributed by atoms with Crippen LogP contribution in [0, 0.1) is 5.41 Å². The molecule has 0 aliphatic rings. The second-order valence-corrected chi connectivity index (χ2v) is 10.8. The zero-order valence-electron chi connectivity index (χ0n) is 18.0. The summed E-state index contributed by atoms with van der Waals surface area (Å²) >= 11 is 0. The van der Waals surface area contributed by atoms with Crippen LogP contribution in [0.2, 0.25) is 0 Å². The minimum atomic E-state index is -7.42. The molecule has 0 amide bonds. The van der Waals surface area contributed by atoms with Gasteiger partial charge in [-0.15, -0.1) is 0 Å². The van der Waals surface area contributed by atoms with E-state index in [9.17, 15) is 52.5 Å². The maximum absolute atomic E-state index is 14.1. The van der Waals surface area contributed by atoms with Crippen LogP contribution >= 0.6 is 0 Å². The number of fused-ring (bicyclic) bond motifs is 1. The summed E-state index contributed by atoms with van der Waals surface area (Å²) in [6, 6.07) is 6.36. The van der Waals surface area contributed by atoms with Crippen LogP contribution < -0.4 is 8.92 Å². The average molecular weight is 551 g/mol. The van der Waals surface area contributed by atoms with Crippen LogP contribution in [0.1, 0.15) is 27.2 Å². The second-order valence-electron chi connectivity index (χ2n) is 7.83. The first-order valence-electron chi connectivity index (χ1n) is 9.41. The van der Waals surface area contributed by atoms with Crippen molar-refractivity contribution in [2.75, 3.05) is 0 Å². The number of esters is 1. The number of hydrogen-bond acceptors (Lipinski definition) is 8. The molecule has 0 radical (unpaired) electrons. The molecule has 0 spiro atoms. The lowest BCUT2D eigenvalue weighted by atomic mass is 9.90. The third-order valence-electron chi connectivity index (χ3n) is 5.04. The highest BCUT2D eigenvalue weighted by Crippen LogP contribution is 2.51. The Kier molecular flexibility index (Phi) is 7.21. The summed E-state index contributed by atoms with van der Waals surface area (Å²) in [7, 11) is -14.5. The Morgan fingerprint density at radius 1 is 0.857 bits per heavy atom. The van der Waals surface area contributed by atoms with Crippen molar-refractivity contribution < 1.29 is 61.4 Å². The zero-order chi connectivity index (χ0) is 27.3. The smallest absolute Gasteiger partial charge is 0.450 e. The molecule has 0 aromatic heterocycles. The Bertz CT molecular complexity index is 1350. The molecule has 0 aliphatic carbocycles. The van der Waals surface area contributed by atoms with Crippen molar-refractivity contribution in [1.29, 1.82) is 0 Å². The molecule has 196 valence electrons. The van der Waals surface area contributed by atoms with E-state index in [2.05, 4.69) is 4.18 Å². The average Bonchev–Trinajstić information content (AvgIpc) is 2.72. The van der Waals surface area contributed by atoms with Gasteiger partial charge in [0, 0.05) is 10.8 Å². The number of alkyl halides is 6. The molecule has 0 unspecified atom stereocenters. The predicted molar refractivity (Wildman–Crippen MR) is 108 cm³/mol. The maximum atomic E-state index is 14.1. The fraction of sp³-hybridized carbons (Fsp3) is 0.421. The number of carbonyl (C=O) groups excluding carboxylic acids is 1. The number of carbonyl (C=O) groups is 1. The van der Waals surface area contributed by atoms with Crippen LogP contribution in [0.3, 0.4) is 0 Å². The van der Waals surface area contributed by atoms with Gasteiger partial charge in [0.15, 0.2) is 15.9 Å². The van der Waals surface area contributed by atoms with E-state index >= 15 is 0 Å². The van der Waals surface area contributed by atoms with Crippen molar-refractivity contribution >= 4 is 37.0 Å². The van der Waals surface area contributed by atoms with E-state index in [1.54, 1.807) is 20.8 Å². The van der Waals surface area contributed by atoms with Gasteiger partial charge in [-0.05, 0) is 32.4 Å². The summed E-state index contributed by atoms with van der Waals surface area (Å²) in [4.78, 5) is 12.4. The first-order chi connectivity index (χ1) is 15.6. The number of halogens is 6. The lowest BCUT2D eigenvalue weighted by Gasteiger charge is -2.32. The molecule has 2 aromatic carbocycles. The fourth-order valence-electron chi connectivity index (χ4n) is 2.45. The van der Waals surface area contributed by atoms with Gasteiger partial charge in [0.2, 0.25) is 0 Å². The van der Waals surface area contributed by atoms with E-state index in [0.29, 0.717) is 12.5 Å². The SMILES string of the molecule is CCC(C)(C)C(=O)Oc1cccc2c(OS(=O)(=O)C(F)(F)C(F)(F)C(F)(F)S(=O)(=O)[O-])cccc12. The molecule has 0 N–H and O–H groups in total. The van der Waals surface area contributed by atoms with Crippen molar-refractivity contribution in [2.24, 2.45) is 5.41 Å². The van der Waals surface area contributed by atoms with E-state index in [0.717, 1.165) is 18.2 Å². The predicted octanol–water partition coefficient (Wildman–Crippen LogP) is 4.26. The van der Waals surface area contributed by atoms with Crippen LogP contribution in [-0.4, -0.2) is 43.8 Å². The zero-order valence-corrected chi connectivity index (χ0v) is 19.7. The van der Waals surface area contributed by atoms with Gasteiger partial charge in [0.05, 0.1) is 5.41 Å². The topological polar surface area (TPSA) is 127 Å². The maximum Gasteiger partial charge on any atom is 0.450 e. The van der Waals surface area contributed by atoms with E-state index in [1.807, 2.05) is 0 Å². The molecule has 0 saturated heterocycles.